The van der Waals surface area contributed by atoms with Gasteiger partial charge in [-0.15, -0.1) is 11.3 Å². The summed E-state index contributed by atoms with van der Waals surface area (Å²) in [7, 11) is 0. The molecule has 1 aromatic carbocycles. The van der Waals surface area contributed by atoms with E-state index in [0.29, 0.717) is 5.56 Å². The minimum absolute atomic E-state index is 0.0180. The highest BCUT2D eigenvalue weighted by Gasteiger charge is 2.18. The molecule has 0 saturated carbocycles. The van der Waals surface area contributed by atoms with Gasteiger partial charge in [0, 0.05) is 15.8 Å². The maximum absolute atomic E-state index is 12.0. The van der Waals surface area contributed by atoms with E-state index in [-0.39, 0.29) is 5.78 Å². The van der Waals surface area contributed by atoms with Gasteiger partial charge in [0.2, 0.25) is 0 Å². The van der Waals surface area contributed by atoms with Crippen molar-refractivity contribution in [2.45, 2.75) is 13.0 Å². The highest BCUT2D eigenvalue weighted by molar-refractivity contribution is 7.10. The van der Waals surface area contributed by atoms with Crippen LogP contribution in [-0.4, -0.2) is 5.78 Å². The van der Waals surface area contributed by atoms with Crippen LogP contribution < -0.4 is 5.73 Å². The Morgan fingerprint density at radius 2 is 2.00 bits per heavy atom. The zero-order chi connectivity index (χ0) is 11.5. The molecule has 0 fully saturated rings. The Balaban J connectivity index is 2.23. The first-order valence-electron chi connectivity index (χ1n) is 5.08. The Kier molecular flexibility index (Phi) is 3.17. The van der Waals surface area contributed by atoms with E-state index in [1.54, 1.807) is 11.3 Å². The summed E-state index contributed by atoms with van der Waals surface area (Å²) in [5.74, 6) is -0.0180. The highest BCUT2D eigenvalue weighted by atomic mass is 32.1. The predicted octanol–water partition coefficient (Wildman–Crippen LogP) is 2.94. The number of carbonyl (C=O) groups excluding carboxylic acids is 1. The molecule has 0 radical (unpaired) electrons. The summed E-state index contributed by atoms with van der Waals surface area (Å²) >= 11 is 1.57. The van der Waals surface area contributed by atoms with Crippen molar-refractivity contribution in [3.63, 3.8) is 0 Å². The van der Waals surface area contributed by atoms with Gasteiger partial charge in [-0.3, -0.25) is 4.79 Å². The molecule has 1 heterocycles. The molecular formula is C13H13NOS. The monoisotopic (exact) mass is 231 g/mol. The van der Waals surface area contributed by atoms with Crippen LogP contribution in [0.5, 0.6) is 0 Å². The molecule has 0 amide bonds. The van der Waals surface area contributed by atoms with E-state index in [4.69, 9.17) is 5.73 Å². The van der Waals surface area contributed by atoms with E-state index in [1.807, 2.05) is 48.7 Å². The number of aryl methyl sites for hydroxylation is 1. The van der Waals surface area contributed by atoms with Gasteiger partial charge >= 0.3 is 0 Å². The molecule has 2 nitrogen and oxygen atoms in total. The number of nitrogens with two attached hydrogens (primary N) is 1. The second kappa shape index (κ2) is 4.60. The molecule has 82 valence electrons. The van der Waals surface area contributed by atoms with E-state index in [9.17, 15) is 4.79 Å². The van der Waals surface area contributed by atoms with Crippen LogP contribution in [0.25, 0.3) is 0 Å². The fourth-order valence-corrected chi connectivity index (χ4v) is 2.26. The maximum Gasteiger partial charge on any atom is 0.184 e. The lowest BCUT2D eigenvalue weighted by Crippen LogP contribution is -2.20. The van der Waals surface area contributed by atoms with Crippen molar-refractivity contribution in [3.8, 4) is 0 Å². The minimum atomic E-state index is -0.560. The zero-order valence-electron chi connectivity index (χ0n) is 9.01. The Morgan fingerprint density at radius 3 is 2.56 bits per heavy atom. The molecule has 0 spiro atoms. The van der Waals surface area contributed by atoms with E-state index in [0.717, 1.165) is 10.4 Å². The van der Waals surface area contributed by atoms with Crippen LogP contribution in [0.3, 0.4) is 0 Å². The smallest absolute Gasteiger partial charge is 0.184 e. The molecule has 0 unspecified atom stereocenters. The lowest BCUT2D eigenvalue weighted by Gasteiger charge is -2.09. The molecule has 0 bridgehead atoms. The van der Waals surface area contributed by atoms with Gasteiger partial charge in [-0.25, -0.2) is 0 Å². The Morgan fingerprint density at radius 1 is 1.31 bits per heavy atom. The average molecular weight is 231 g/mol. The number of hydrogen-bond acceptors (Lipinski definition) is 3. The van der Waals surface area contributed by atoms with Crippen LogP contribution in [0.1, 0.15) is 26.8 Å². The lowest BCUT2D eigenvalue weighted by atomic mass is 10.00. The summed E-state index contributed by atoms with van der Waals surface area (Å²) in [4.78, 5) is 13.2. The van der Waals surface area contributed by atoms with E-state index in [2.05, 4.69) is 0 Å². The summed E-state index contributed by atoms with van der Waals surface area (Å²) in [5.41, 5.74) is 7.50. The molecule has 0 aliphatic heterocycles. The van der Waals surface area contributed by atoms with Gasteiger partial charge in [0.05, 0.1) is 6.04 Å². The van der Waals surface area contributed by atoms with Crippen LogP contribution in [0.15, 0.2) is 41.8 Å². The first-order valence-corrected chi connectivity index (χ1v) is 5.96. The number of ketones is 1. The number of hydrogen-bond donors (Lipinski definition) is 1. The van der Waals surface area contributed by atoms with Crippen molar-refractivity contribution in [1.29, 1.82) is 0 Å². The lowest BCUT2D eigenvalue weighted by molar-refractivity contribution is 0.0962. The second-order valence-electron chi connectivity index (χ2n) is 3.70. The first kappa shape index (κ1) is 11.0. The standard InChI is InChI=1S/C13H13NOS/c1-9-7-11(8-16-9)13(15)12(14)10-5-3-2-4-6-10/h2-8,12H,14H2,1H3/t12-/m1/s1. The van der Waals surface area contributed by atoms with Crippen molar-refractivity contribution < 1.29 is 4.79 Å². The van der Waals surface area contributed by atoms with Crippen molar-refractivity contribution in [1.82, 2.24) is 0 Å². The van der Waals surface area contributed by atoms with Gasteiger partial charge in [0.15, 0.2) is 5.78 Å². The molecule has 3 heteroatoms. The quantitative estimate of drug-likeness (QED) is 0.825. The molecule has 2 rings (SSSR count). The van der Waals surface area contributed by atoms with Crippen molar-refractivity contribution in [2.24, 2.45) is 5.73 Å². The van der Waals surface area contributed by atoms with Crippen molar-refractivity contribution >= 4 is 17.1 Å². The molecule has 0 aliphatic carbocycles. The zero-order valence-corrected chi connectivity index (χ0v) is 9.83. The molecule has 1 atom stereocenters. The summed E-state index contributed by atoms with van der Waals surface area (Å²) < 4.78 is 0. The second-order valence-corrected chi connectivity index (χ2v) is 4.81. The molecular weight excluding hydrogens is 218 g/mol. The molecule has 2 N–H and O–H groups in total. The topological polar surface area (TPSA) is 43.1 Å². The van der Waals surface area contributed by atoms with Crippen LogP contribution in [0.4, 0.5) is 0 Å². The average Bonchev–Trinajstić information content (AvgIpc) is 2.75. The Bertz CT molecular complexity index is 490. The number of carbonyl (C=O) groups is 1. The van der Waals surface area contributed by atoms with Crippen LogP contribution in [-0.2, 0) is 0 Å². The Hall–Kier alpha value is -1.45. The molecule has 0 aliphatic rings. The maximum atomic E-state index is 12.0. The van der Waals surface area contributed by atoms with Crippen LogP contribution in [0, 0.1) is 6.92 Å². The molecule has 0 saturated heterocycles. The van der Waals surface area contributed by atoms with Gasteiger partial charge in [-0.05, 0) is 18.6 Å². The summed E-state index contributed by atoms with van der Waals surface area (Å²) in [6, 6.07) is 10.8. The number of rotatable bonds is 3. The number of Topliss-reactive ketones (excluding diaryl/α,β-unsaturated/α-hetero) is 1. The third-order valence-corrected chi connectivity index (χ3v) is 3.32. The van der Waals surface area contributed by atoms with Crippen LogP contribution in [0.2, 0.25) is 0 Å². The van der Waals surface area contributed by atoms with Gasteiger partial charge in [0.25, 0.3) is 0 Å². The Labute approximate surface area is 98.7 Å². The molecule has 16 heavy (non-hydrogen) atoms. The van der Waals surface area contributed by atoms with Gasteiger partial charge < -0.3 is 5.73 Å². The van der Waals surface area contributed by atoms with Gasteiger partial charge in [0.1, 0.15) is 0 Å². The fourth-order valence-electron chi connectivity index (χ4n) is 1.56. The van der Waals surface area contributed by atoms with Crippen LogP contribution >= 0.6 is 11.3 Å². The minimum Gasteiger partial charge on any atom is -0.318 e. The van der Waals surface area contributed by atoms with Crippen molar-refractivity contribution in [3.05, 3.63) is 57.8 Å². The van der Waals surface area contributed by atoms with E-state index in [1.165, 1.54) is 0 Å². The summed E-state index contributed by atoms with van der Waals surface area (Å²) in [6.45, 7) is 1.98. The third kappa shape index (κ3) is 2.21. The van der Waals surface area contributed by atoms with Gasteiger partial charge in [-0.2, -0.15) is 0 Å². The summed E-state index contributed by atoms with van der Waals surface area (Å²) in [6.07, 6.45) is 0. The third-order valence-electron chi connectivity index (χ3n) is 2.46. The van der Waals surface area contributed by atoms with Crippen molar-refractivity contribution in [2.75, 3.05) is 0 Å². The summed E-state index contributed by atoms with van der Waals surface area (Å²) in [5, 5.41) is 1.86. The molecule has 1 aromatic heterocycles. The largest absolute Gasteiger partial charge is 0.318 e. The van der Waals surface area contributed by atoms with Gasteiger partial charge in [-0.1, -0.05) is 30.3 Å². The van der Waals surface area contributed by atoms with E-state index >= 15 is 0 Å². The number of thiophene rings is 1. The normalized spacial score (nSPS) is 12.4. The fraction of sp³-hybridized carbons (Fsp3) is 0.154. The predicted molar refractivity (Wildman–Crippen MR) is 66.8 cm³/mol. The number of benzene rings is 1. The SMILES string of the molecule is Cc1cc(C(=O)[C@H](N)c2ccccc2)cs1. The molecule has 2 aromatic rings. The van der Waals surface area contributed by atoms with E-state index < -0.39 is 6.04 Å². The first-order chi connectivity index (χ1) is 7.68. The highest BCUT2D eigenvalue weighted by Crippen LogP contribution is 2.20.